The van der Waals surface area contributed by atoms with E-state index in [1.54, 1.807) is 25.1 Å². The number of Topliss-reactive ketones (excluding diaryl/α,β-unsaturated/α-hetero) is 1. The van der Waals surface area contributed by atoms with Gasteiger partial charge in [0.05, 0.1) is 11.1 Å². The highest BCUT2D eigenvalue weighted by Gasteiger charge is 2.30. The molecule has 166 valence electrons. The molecule has 4 nitrogen and oxygen atoms in total. The van der Waals surface area contributed by atoms with E-state index in [9.17, 15) is 14.0 Å². The van der Waals surface area contributed by atoms with Crippen LogP contribution in [0.5, 0.6) is 11.5 Å². The van der Waals surface area contributed by atoms with Gasteiger partial charge in [0.1, 0.15) is 17.3 Å². The SMILES string of the molecule is Cc1c(OC(=O)c2ccccc2F)ccc2c1O/C(=C\c1ccc(-c3ccccc3)cc1)C2=O. The molecule has 5 rings (SSSR count). The second-order valence-electron chi connectivity index (χ2n) is 7.86. The topological polar surface area (TPSA) is 52.6 Å². The Morgan fingerprint density at radius 2 is 1.53 bits per heavy atom. The molecule has 34 heavy (non-hydrogen) atoms. The summed E-state index contributed by atoms with van der Waals surface area (Å²) in [4.78, 5) is 25.3. The van der Waals surface area contributed by atoms with E-state index in [0.29, 0.717) is 16.9 Å². The smallest absolute Gasteiger partial charge is 0.346 e. The minimum absolute atomic E-state index is 0.168. The highest BCUT2D eigenvalue weighted by molar-refractivity contribution is 6.15. The van der Waals surface area contributed by atoms with Crippen molar-refractivity contribution in [3.63, 3.8) is 0 Å². The maximum atomic E-state index is 13.9. The Morgan fingerprint density at radius 3 is 2.26 bits per heavy atom. The number of halogens is 1. The van der Waals surface area contributed by atoms with Crippen molar-refractivity contribution in [2.75, 3.05) is 0 Å². The molecular formula is C29H19FO4. The number of esters is 1. The van der Waals surface area contributed by atoms with Crippen LogP contribution in [0.15, 0.2) is 96.8 Å². The molecule has 0 saturated heterocycles. The van der Waals surface area contributed by atoms with E-state index >= 15 is 0 Å². The van der Waals surface area contributed by atoms with Crippen molar-refractivity contribution in [2.45, 2.75) is 6.92 Å². The number of allylic oxidation sites excluding steroid dienone is 1. The van der Waals surface area contributed by atoms with Gasteiger partial charge in [0.15, 0.2) is 5.76 Å². The number of fused-ring (bicyclic) bond motifs is 1. The number of ether oxygens (including phenoxy) is 2. The van der Waals surface area contributed by atoms with Gasteiger partial charge in [-0.1, -0.05) is 66.7 Å². The fourth-order valence-corrected chi connectivity index (χ4v) is 3.81. The predicted molar refractivity (Wildman–Crippen MR) is 127 cm³/mol. The highest BCUT2D eigenvalue weighted by atomic mass is 19.1. The summed E-state index contributed by atoms with van der Waals surface area (Å²) in [7, 11) is 0. The second kappa shape index (κ2) is 8.79. The Morgan fingerprint density at radius 1 is 0.853 bits per heavy atom. The molecule has 0 saturated carbocycles. The molecule has 0 fully saturated rings. The summed E-state index contributed by atoms with van der Waals surface area (Å²) in [6, 6.07) is 26.5. The van der Waals surface area contributed by atoms with Gasteiger partial charge in [-0.05, 0) is 54.0 Å². The molecule has 0 bridgehead atoms. The first-order valence-electron chi connectivity index (χ1n) is 10.7. The van der Waals surface area contributed by atoms with E-state index in [4.69, 9.17) is 9.47 Å². The van der Waals surface area contributed by atoms with Gasteiger partial charge in [-0.3, -0.25) is 4.79 Å². The first-order valence-corrected chi connectivity index (χ1v) is 10.7. The second-order valence-corrected chi connectivity index (χ2v) is 7.86. The average molecular weight is 450 g/mol. The van der Waals surface area contributed by atoms with E-state index in [-0.39, 0.29) is 22.9 Å². The molecule has 0 unspecified atom stereocenters. The molecule has 5 heteroatoms. The lowest BCUT2D eigenvalue weighted by atomic mass is 10.0. The highest BCUT2D eigenvalue weighted by Crippen LogP contribution is 2.39. The molecule has 1 heterocycles. The summed E-state index contributed by atoms with van der Waals surface area (Å²) >= 11 is 0. The maximum absolute atomic E-state index is 13.9. The monoisotopic (exact) mass is 450 g/mol. The van der Waals surface area contributed by atoms with Crippen LogP contribution >= 0.6 is 0 Å². The van der Waals surface area contributed by atoms with Gasteiger partial charge in [0, 0.05) is 5.56 Å². The average Bonchev–Trinajstić information content (AvgIpc) is 3.18. The van der Waals surface area contributed by atoms with E-state index in [2.05, 4.69) is 0 Å². The van der Waals surface area contributed by atoms with E-state index in [1.807, 2.05) is 54.6 Å². The summed E-state index contributed by atoms with van der Waals surface area (Å²) in [6.45, 7) is 1.69. The van der Waals surface area contributed by atoms with Crippen LogP contribution in [0.2, 0.25) is 0 Å². The minimum Gasteiger partial charge on any atom is -0.452 e. The maximum Gasteiger partial charge on any atom is 0.346 e. The zero-order valence-electron chi connectivity index (χ0n) is 18.2. The van der Waals surface area contributed by atoms with Gasteiger partial charge in [0.25, 0.3) is 0 Å². The number of carbonyl (C=O) groups excluding carboxylic acids is 2. The van der Waals surface area contributed by atoms with Gasteiger partial charge < -0.3 is 9.47 Å². The Labute approximate surface area is 195 Å². The van der Waals surface area contributed by atoms with Crippen molar-refractivity contribution in [2.24, 2.45) is 0 Å². The van der Waals surface area contributed by atoms with Crippen LogP contribution in [0.4, 0.5) is 4.39 Å². The number of ketones is 1. The van der Waals surface area contributed by atoms with Crippen LogP contribution in [0.1, 0.15) is 31.8 Å². The lowest BCUT2D eigenvalue weighted by molar-refractivity contribution is 0.0728. The summed E-state index contributed by atoms with van der Waals surface area (Å²) in [5.41, 5.74) is 3.70. The third kappa shape index (κ3) is 3.99. The largest absolute Gasteiger partial charge is 0.452 e. The van der Waals surface area contributed by atoms with E-state index < -0.39 is 11.8 Å². The summed E-state index contributed by atoms with van der Waals surface area (Å²) in [6.07, 6.45) is 1.68. The normalized spacial score (nSPS) is 13.5. The van der Waals surface area contributed by atoms with Crippen molar-refractivity contribution in [3.8, 4) is 22.6 Å². The first kappa shape index (κ1) is 21.3. The van der Waals surface area contributed by atoms with Crippen molar-refractivity contribution in [1.29, 1.82) is 0 Å². The fraction of sp³-hybridized carbons (Fsp3) is 0.0345. The van der Waals surface area contributed by atoms with E-state index in [1.165, 1.54) is 24.3 Å². The molecule has 0 amide bonds. The standard InChI is InChI=1S/C29H19FO4/c1-18-25(34-29(32)22-9-5-6-10-24(22)30)16-15-23-27(31)26(33-28(18)23)17-19-11-13-21(14-12-19)20-7-3-2-4-8-20/h2-17H,1H3/b26-17-. The van der Waals surface area contributed by atoms with Crippen molar-refractivity contribution in [3.05, 3.63) is 125 Å². The molecule has 0 spiro atoms. The van der Waals surface area contributed by atoms with Crippen molar-refractivity contribution >= 4 is 17.8 Å². The Kier molecular flexibility index (Phi) is 5.52. The van der Waals surface area contributed by atoms with Gasteiger partial charge >= 0.3 is 5.97 Å². The molecule has 0 radical (unpaired) electrons. The molecule has 4 aromatic carbocycles. The third-order valence-electron chi connectivity index (χ3n) is 5.65. The van der Waals surface area contributed by atoms with Crippen LogP contribution in [-0.2, 0) is 0 Å². The van der Waals surface area contributed by atoms with Gasteiger partial charge in [-0.2, -0.15) is 0 Å². The van der Waals surface area contributed by atoms with Gasteiger partial charge in [0.2, 0.25) is 5.78 Å². The van der Waals surface area contributed by atoms with Crippen LogP contribution in [-0.4, -0.2) is 11.8 Å². The number of hydrogen-bond acceptors (Lipinski definition) is 4. The predicted octanol–water partition coefficient (Wildman–Crippen LogP) is 6.64. The third-order valence-corrected chi connectivity index (χ3v) is 5.65. The molecule has 1 aliphatic rings. The lowest BCUT2D eigenvalue weighted by Gasteiger charge is -2.10. The number of hydrogen-bond donors (Lipinski definition) is 0. The zero-order valence-corrected chi connectivity index (χ0v) is 18.2. The van der Waals surface area contributed by atoms with Crippen molar-refractivity contribution in [1.82, 2.24) is 0 Å². The summed E-state index contributed by atoms with van der Waals surface area (Å²) < 4.78 is 25.2. The van der Waals surface area contributed by atoms with E-state index in [0.717, 1.165) is 16.7 Å². The minimum atomic E-state index is -0.820. The Hall–Kier alpha value is -4.51. The lowest BCUT2D eigenvalue weighted by Crippen LogP contribution is -2.11. The van der Waals surface area contributed by atoms with Crippen molar-refractivity contribution < 1.29 is 23.5 Å². The molecule has 0 N–H and O–H groups in total. The Balaban J connectivity index is 1.38. The molecule has 0 aromatic heterocycles. The van der Waals surface area contributed by atoms with Gasteiger partial charge in [-0.25, -0.2) is 9.18 Å². The molecule has 0 aliphatic carbocycles. The zero-order chi connectivity index (χ0) is 23.7. The Bertz CT molecular complexity index is 1440. The quantitative estimate of drug-likeness (QED) is 0.199. The number of rotatable bonds is 4. The first-order chi connectivity index (χ1) is 16.5. The van der Waals surface area contributed by atoms with Crippen LogP contribution < -0.4 is 9.47 Å². The molecule has 1 aliphatic heterocycles. The van der Waals surface area contributed by atoms with Crippen LogP contribution in [0.25, 0.3) is 17.2 Å². The summed E-state index contributed by atoms with van der Waals surface area (Å²) in [5, 5.41) is 0. The molecular weight excluding hydrogens is 431 g/mol. The number of benzene rings is 4. The van der Waals surface area contributed by atoms with Crippen LogP contribution in [0, 0.1) is 12.7 Å². The van der Waals surface area contributed by atoms with Crippen LogP contribution in [0.3, 0.4) is 0 Å². The van der Waals surface area contributed by atoms with Gasteiger partial charge in [-0.15, -0.1) is 0 Å². The summed E-state index contributed by atoms with van der Waals surface area (Å²) in [5.74, 6) is -1.02. The molecule has 0 atom stereocenters. The number of carbonyl (C=O) groups is 2. The fourth-order valence-electron chi connectivity index (χ4n) is 3.81. The molecule has 4 aromatic rings.